The summed E-state index contributed by atoms with van der Waals surface area (Å²) in [5.41, 5.74) is 0.319. The van der Waals surface area contributed by atoms with Crippen LogP contribution in [0.15, 0.2) is 28.7 Å². The van der Waals surface area contributed by atoms with Gasteiger partial charge in [-0.3, -0.25) is 19.1 Å². The fourth-order valence-electron chi connectivity index (χ4n) is 2.25. The van der Waals surface area contributed by atoms with Crippen LogP contribution in [0.2, 0.25) is 0 Å². The highest BCUT2D eigenvalue weighted by Gasteiger charge is 2.22. The lowest BCUT2D eigenvalue weighted by molar-refractivity contribution is -0.144. The molecule has 0 aromatic carbocycles. The zero-order chi connectivity index (χ0) is 20.9. The Kier molecular flexibility index (Phi) is 6.91. The summed E-state index contributed by atoms with van der Waals surface area (Å²) >= 11 is 0.853. The van der Waals surface area contributed by atoms with Crippen molar-refractivity contribution >= 4 is 44.7 Å². The van der Waals surface area contributed by atoms with E-state index in [0.717, 1.165) is 17.6 Å². The molecule has 0 radical (unpaired) electrons. The summed E-state index contributed by atoms with van der Waals surface area (Å²) in [5, 5.41) is 6.67. The van der Waals surface area contributed by atoms with E-state index in [1.165, 1.54) is 43.4 Å². The molecule has 0 fully saturated rings. The number of methoxy groups -OCH3 is 2. The van der Waals surface area contributed by atoms with Gasteiger partial charge in [-0.2, -0.15) is 5.10 Å². The molecule has 152 valence electrons. The summed E-state index contributed by atoms with van der Waals surface area (Å²) in [6, 6.07) is 2.13. The van der Waals surface area contributed by atoms with Crippen molar-refractivity contribution in [1.82, 2.24) is 9.78 Å². The molecule has 10 nitrogen and oxygen atoms in total. The van der Waals surface area contributed by atoms with Gasteiger partial charge >= 0.3 is 11.9 Å². The summed E-state index contributed by atoms with van der Waals surface area (Å²) < 4.78 is 33.7. The number of amides is 1. The molecule has 28 heavy (non-hydrogen) atoms. The fourth-order valence-corrected chi connectivity index (χ4v) is 4.07. The van der Waals surface area contributed by atoms with Gasteiger partial charge in [-0.25, -0.2) is 8.42 Å². The molecule has 1 amide bonds. The Morgan fingerprint density at radius 3 is 2.29 bits per heavy atom. The van der Waals surface area contributed by atoms with Crippen LogP contribution < -0.4 is 5.32 Å². The molecule has 1 N–H and O–H groups in total. The number of aromatic nitrogens is 2. The van der Waals surface area contributed by atoms with E-state index in [1.807, 2.05) is 0 Å². The Balaban J connectivity index is 2.14. The number of sulfone groups is 1. The number of nitrogens with one attached hydrogen (secondary N) is 1. The number of carbonyl (C=O) groups is 3. The van der Waals surface area contributed by atoms with Gasteiger partial charge in [-0.05, 0) is 12.1 Å². The maximum Gasteiger partial charge on any atom is 0.307 e. The van der Waals surface area contributed by atoms with Gasteiger partial charge in [0.05, 0.1) is 49.9 Å². The van der Waals surface area contributed by atoms with Gasteiger partial charge in [0.1, 0.15) is 4.21 Å². The van der Waals surface area contributed by atoms with Crippen LogP contribution in [0.3, 0.4) is 0 Å². The van der Waals surface area contributed by atoms with E-state index in [1.54, 1.807) is 0 Å². The number of hydrogen-bond donors (Lipinski definition) is 1. The molecule has 0 aliphatic carbocycles. The topological polar surface area (TPSA) is 134 Å². The average molecular weight is 429 g/mol. The van der Waals surface area contributed by atoms with Gasteiger partial charge in [-0.15, -0.1) is 11.3 Å². The predicted octanol–water partition coefficient (Wildman–Crippen LogP) is 1.27. The quantitative estimate of drug-likeness (QED) is 0.620. The predicted molar refractivity (Wildman–Crippen MR) is 99.9 cm³/mol. The van der Waals surface area contributed by atoms with Gasteiger partial charge in [0.2, 0.25) is 0 Å². The van der Waals surface area contributed by atoms with Gasteiger partial charge in [0.25, 0.3) is 5.91 Å². The van der Waals surface area contributed by atoms with Crippen molar-refractivity contribution in [2.75, 3.05) is 25.8 Å². The van der Waals surface area contributed by atoms with E-state index in [-0.39, 0.29) is 21.9 Å². The number of carbonyl (C=O) groups excluding carboxylic acids is 3. The molecule has 0 aliphatic heterocycles. The SMILES string of the molecule is COC(=O)CC(CC(=O)OC)n1cc(NC(=O)c2ccc(S(C)(=O)=O)s2)cn1. The van der Waals surface area contributed by atoms with Crippen molar-refractivity contribution < 1.29 is 32.3 Å². The summed E-state index contributed by atoms with van der Waals surface area (Å²) in [5.74, 6) is -1.55. The van der Waals surface area contributed by atoms with E-state index >= 15 is 0 Å². The second-order valence-electron chi connectivity index (χ2n) is 5.77. The highest BCUT2D eigenvalue weighted by molar-refractivity contribution is 7.92. The lowest BCUT2D eigenvalue weighted by atomic mass is 10.1. The van der Waals surface area contributed by atoms with Gasteiger partial charge in [0.15, 0.2) is 9.84 Å². The maximum atomic E-state index is 12.3. The van der Waals surface area contributed by atoms with Crippen LogP contribution in [0.25, 0.3) is 0 Å². The van der Waals surface area contributed by atoms with Crippen LogP contribution in [0.4, 0.5) is 5.69 Å². The summed E-state index contributed by atoms with van der Waals surface area (Å²) in [7, 11) is -0.921. The molecule has 2 aromatic heterocycles. The third kappa shape index (κ3) is 5.63. The van der Waals surface area contributed by atoms with Crippen LogP contribution >= 0.6 is 11.3 Å². The van der Waals surface area contributed by atoms with Crippen molar-refractivity contribution in [3.63, 3.8) is 0 Å². The normalized spacial score (nSPS) is 11.3. The molecule has 2 aromatic rings. The van der Waals surface area contributed by atoms with Crippen LogP contribution in [0.1, 0.15) is 28.6 Å². The van der Waals surface area contributed by atoms with E-state index in [9.17, 15) is 22.8 Å². The largest absolute Gasteiger partial charge is 0.469 e. The monoisotopic (exact) mass is 429 g/mol. The first kappa shape index (κ1) is 21.6. The van der Waals surface area contributed by atoms with Gasteiger partial charge in [0, 0.05) is 12.5 Å². The van der Waals surface area contributed by atoms with Gasteiger partial charge in [-0.1, -0.05) is 0 Å². The average Bonchev–Trinajstić information content (AvgIpc) is 3.30. The van der Waals surface area contributed by atoms with Gasteiger partial charge < -0.3 is 14.8 Å². The van der Waals surface area contributed by atoms with Crippen LogP contribution in [0.5, 0.6) is 0 Å². The third-order valence-electron chi connectivity index (χ3n) is 3.66. The minimum Gasteiger partial charge on any atom is -0.469 e. The summed E-state index contributed by atoms with van der Waals surface area (Å²) in [6.07, 6.45) is 3.66. The zero-order valence-electron chi connectivity index (χ0n) is 15.4. The van der Waals surface area contributed by atoms with E-state index < -0.39 is 33.7 Å². The number of ether oxygens (including phenoxy) is 2. The standard InChI is InChI=1S/C16H19N3O7S2/c1-25-13(20)6-11(7-14(21)26-2)19-9-10(8-17-19)18-16(22)12-4-5-15(27-12)28(3,23)24/h4-5,8-9,11H,6-7H2,1-3H3,(H,18,22). The van der Waals surface area contributed by atoms with Crippen molar-refractivity contribution in [3.8, 4) is 0 Å². The molecular weight excluding hydrogens is 410 g/mol. The smallest absolute Gasteiger partial charge is 0.307 e. The summed E-state index contributed by atoms with van der Waals surface area (Å²) in [4.78, 5) is 35.7. The molecule has 0 atom stereocenters. The Bertz CT molecular complexity index is 960. The number of rotatable bonds is 8. The first-order chi connectivity index (χ1) is 13.1. The first-order valence-electron chi connectivity index (χ1n) is 7.93. The molecule has 12 heteroatoms. The molecule has 2 rings (SSSR count). The maximum absolute atomic E-state index is 12.3. The lowest BCUT2D eigenvalue weighted by Gasteiger charge is -2.15. The number of thiophene rings is 1. The van der Waals surface area contributed by atoms with Crippen LogP contribution in [-0.2, 0) is 28.9 Å². The minimum absolute atomic E-state index is 0.0876. The van der Waals surface area contributed by atoms with Crippen molar-refractivity contribution in [2.24, 2.45) is 0 Å². The first-order valence-corrected chi connectivity index (χ1v) is 10.6. The molecule has 2 heterocycles. The molecule has 0 saturated carbocycles. The molecule has 0 aliphatic rings. The fraction of sp³-hybridized carbons (Fsp3) is 0.375. The Hall–Kier alpha value is -2.73. The number of esters is 2. The third-order valence-corrected chi connectivity index (χ3v) is 6.57. The molecule has 0 spiro atoms. The zero-order valence-corrected chi connectivity index (χ0v) is 17.0. The van der Waals surface area contributed by atoms with Crippen molar-refractivity contribution in [1.29, 1.82) is 0 Å². The number of hydrogen-bond acceptors (Lipinski definition) is 9. The highest BCUT2D eigenvalue weighted by atomic mass is 32.2. The molecular formula is C16H19N3O7S2. The number of anilines is 1. The minimum atomic E-state index is -3.39. The Labute approximate surface area is 165 Å². The van der Waals surface area contributed by atoms with E-state index in [2.05, 4.69) is 19.9 Å². The lowest BCUT2D eigenvalue weighted by Crippen LogP contribution is -2.19. The van der Waals surface area contributed by atoms with Crippen molar-refractivity contribution in [2.45, 2.75) is 23.1 Å². The highest BCUT2D eigenvalue weighted by Crippen LogP contribution is 2.23. The summed E-state index contributed by atoms with van der Waals surface area (Å²) in [6.45, 7) is 0. The van der Waals surface area contributed by atoms with Crippen molar-refractivity contribution in [3.05, 3.63) is 29.4 Å². The second kappa shape index (κ2) is 8.97. The molecule has 0 unspecified atom stereocenters. The van der Waals surface area contributed by atoms with Crippen LogP contribution in [0, 0.1) is 0 Å². The van der Waals surface area contributed by atoms with Crippen LogP contribution in [-0.4, -0.2) is 56.5 Å². The second-order valence-corrected chi connectivity index (χ2v) is 9.09. The Morgan fingerprint density at radius 2 is 1.79 bits per heavy atom. The van der Waals surface area contributed by atoms with E-state index in [4.69, 9.17) is 0 Å². The van der Waals surface area contributed by atoms with E-state index in [0.29, 0.717) is 5.69 Å². The molecule has 0 bridgehead atoms. The molecule has 0 saturated heterocycles. The Morgan fingerprint density at radius 1 is 1.18 bits per heavy atom. The number of nitrogens with zero attached hydrogens (tertiary/aromatic N) is 2.